The number of hydrogen-bond acceptors (Lipinski definition) is 2. The highest BCUT2D eigenvalue weighted by Gasteiger charge is 2.24. The molecule has 3 nitrogen and oxygen atoms in total. The molecule has 0 unspecified atom stereocenters. The molecule has 0 bridgehead atoms. The summed E-state index contributed by atoms with van der Waals surface area (Å²) in [6, 6.07) is 19.3. The van der Waals surface area contributed by atoms with Crippen molar-refractivity contribution < 1.29 is 9.90 Å². The Bertz CT molecular complexity index is 1020. The molecule has 0 aliphatic heterocycles. The second-order valence-corrected chi connectivity index (χ2v) is 8.66. The number of hydrogen-bond donors (Lipinski definition) is 1. The van der Waals surface area contributed by atoms with Crippen LogP contribution in [0.15, 0.2) is 60.7 Å². The van der Waals surface area contributed by atoms with E-state index in [2.05, 4.69) is 26.8 Å². The SMILES string of the molecule is Cc1cc(-c2ccc(O)cc2)cc(C)c1C(=O)N(C)c1ccccc1C(C)(C)C. The fraction of sp³-hybridized carbons (Fsp3) is 0.269. The zero-order chi connectivity index (χ0) is 21.3. The van der Waals surface area contributed by atoms with Gasteiger partial charge in [0.2, 0.25) is 0 Å². The van der Waals surface area contributed by atoms with Crippen LogP contribution in [0.3, 0.4) is 0 Å². The topological polar surface area (TPSA) is 40.5 Å². The predicted molar refractivity (Wildman–Crippen MR) is 121 cm³/mol. The molecule has 0 spiro atoms. The molecular formula is C26H29NO2. The third-order valence-electron chi connectivity index (χ3n) is 5.33. The molecule has 1 N–H and O–H groups in total. The fourth-order valence-corrected chi connectivity index (χ4v) is 3.80. The summed E-state index contributed by atoms with van der Waals surface area (Å²) in [4.78, 5) is 15.2. The van der Waals surface area contributed by atoms with Gasteiger partial charge in [0.05, 0.1) is 0 Å². The summed E-state index contributed by atoms with van der Waals surface area (Å²) < 4.78 is 0. The number of amides is 1. The Balaban J connectivity index is 2.01. The van der Waals surface area contributed by atoms with Gasteiger partial charge in [-0.1, -0.05) is 63.2 Å². The van der Waals surface area contributed by atoms with E-state index in [0.29, 0.717) is 0 Å². The van der Waals surface area contributed by atoms with Crippen molar-refractivity contribution in [3.63, 3.8) is 0 Å². The average molecular weight is 388 g/mol. The summed E-state index contributed by atoms with van der Waals surface area (Å²) in [5.41, 5.74) is 6.69. The Labute approximate surface area is 173 Å². The smallest absolute Gasteiger partial charge is 0.258 e. The van der Waals surface area contributed by atoms with E-state index in [1.165, 1.54) is 0 Å². The molecule has 0 heterocycles. The average Bonchev–Trinajstić information content (AvgIpc) is 2.66. The van der Waals surface area contributed by atoms with Gasteiger partial charge in [0.15, 0.2) is 0 Å². The molecule has 1 amide bonds. The zero-order valence-electron chi connectivity index (χ0n) is 18.1. The monoisotopic (exact) mass is 387 g/mol. The number of anilines is 1. The third kappa shape index (κ3) is 4.19. The first-order valence-corrected chi connectivity index (χ1v) is 9.88. The number of carbonyl (C=O) groups is 1. The van der Waals surface area contributed by atoms with E-state index < -0.39 is 0 Å². The number of para-hydroxylation sites is 1. The second-order valence-electron chi connectivity index (χ2n) is 8.66. The molecule has 0 aliphatic rings. The first-order chi connectivity index (χ1) is 13.6. The molecule has 150 valence electrons. The van der Waals surface area contributed by atoms with Crippen LogP contribution in [-0.2, 0) is 5.41 Å². The summed E-state index contributed by atoms with van der Waals surface area (Å²) in [7, 11) is 1.85. The molecule has 3 rings (SSSR count). The molecule has 0 radical (unpaired) electrons. The van der Waals surface area contributed by atoms with Gasteiger partial charge in [-0.15, -0.1) is 0 Å². The van der Waals surface area contributed by atoms with Crippen molar-refractivity contribution in [2.24, 2.45) is 0 Å². The van der Waals surface area contributed by atoms with E-state index in [9.17, 15) is 9.90 Å². The Kier molecular flexibility index (Phi) is 5.52. The molecule has 0 saturated carbocycles. The number of aromatic hydroxyl groups is 1. The number of benzene rings is 3. The molecule has 0 atom stereocenters. The highest BCUT2D eigenvalue weighted by atomic mass is 16.3. The number of phenolic OH excluding ortho intramolecular Hbond substituents is 1. The summed E-state index contributed by atoms with van der Waals surface area (Å²) in [6.07, 6.45) is 0. The normalized spacial score (nSPS) is 11.4. The van der Waals surface area contributed by atoms with Crippen molar-refractivity contribution >= 4 is 11.6 Å². The third-order valence-corrected chi connectivity index (χ3v) is 5.33. The van der Waals surface area contributed by atoms with Crippen molar-refractivity contribution in [1.29, 1.82) is 0 Å². The van der Waals surface area contributed by atoms with E-state index in [-0.39, 0.29) is 17.1 Å². The summed E-state index contributed by atoms with van der Waals surface area (Å²) in [6.45, 7) is 10.4. The van der Waals surface area contributed by atoms with Crippen LogP contribution in [-0.4, -0.2) is 18.1 Å². The molecule has 3 heteroatoms. The molecule has 0 saturated heterocycles. The lowest BCUT2D eigenvalue weighted by Crippen LogP contribution is -2.30. The lowest BCUT2D eigenvalue weighted by atomic mass is 9.85. The largest absolute Gasteiger partial charge is 0.508 e. The maximum Gasteiger partial charge on any atom is 0.258 e. The zero-order valence-corrected chi connectivity index (χ0v) is 18.1. The minimum Gasteiger partial charge on any atom is -0.508 e. The van der Waals surface area contributed by atoms with Crippen LogP contribution in [0.1, 0.15) is 47.8 Å². The maximum absolute atomic E-state index is 13.5. The van der Waals surface area contributed by atoms with E-state index in [1.54, 1.807) is 17.0 Å². The predicted octanol–water partition coefficient (Wildman–Crippen LogP) is 6.25. The van der Waals surface area contributed by atoms with Crippen molar-refractivity contribution in [2.45, 2.75) is 40.0 Å². The van der Waals surface area contributed by atoms with Crippen LogP contribution in [0, 0.1) is 13.8 Å². The first kappa shape index (κ1) is 20.7. The molecule has 3 aromatic rings. The first-order valence-electron chi connectivity index (χ1n) is 9.88. The quantitative estimate of drug-likeness (QED) is 0.577. The van der Waals surface area contributed by atoms with Crippen LogP contribution in [0.5, 0.6) is 5.75 Å². The highest BCUT2D eigenvalue weighted by Crippen LogP contribution is 2.33. The van der Waals surface area contributed by atoms with Gasteiger partial charge < -0.3 is 10.0 Å². The Morgan fingerprint density at radius 3 is 1.97 bits per heavy atom. The number of phenols is 1. The Morgan fingerprint density at radius 1 is 0.862 bits per heavy atom. The van der Waals surface area contributed by atoms with Gasteiger partial charge in [-0.25, -0.2) is 0 Å². The van der Waals surface area contributed by atoms with Gasteiger partial charge in [0.1, 0.15) is 5.75 Å². The van der Waals surface area contributed by atoms with Gasteiger partial charge in [0.25, 0.3) is 5.91 Å². The minimum atomic E-state index is -0.0576. The molecule has 0 fully saturated rings. The summed E-state index contributed by atoms with van der Waals surface area (Å²) in [5, 5.41) is 9.53. The van der Waals surface area contributed by atoms with Crippen molar-refractivity contribution in [3.05, 3.63) is 82.9 Å². The van der Waals surface area contributed by atoms with Crippen LogP contribution in [0.25, 0.3) is 11.1 Å². The van der Waals surface area contributed by atoms with Gasteiger partial charge >= 0.3 is 0 Å². The molecule has 3 aromatic carbocycles. The number of rotatable bonds is 3. The lowest BCUT2D eigenvalue weighted by Gasteiger charge is -2.28. The second kappa shape index (κ2) is 7.75. The number of carbonyl (C=O) groups excluding carboxylic acids is 1. The lowest BCUT2D eigenvalue weighted by molar-refractivity contribution is 0.0991. The molecular weight excluding hydrogens is 358 g/mol. The Morgan fingerprint density at radius 2 is 1.41 bits per heavy atom. The van der Waals surface area contributed by atoms with Crippen molar-refractivity contribution in [1.82, 2.24) is 0 Å². The number of aryl methyl sites for hydroxylation is 2. The van der Waals surface area contributed by atoms with Gasteiger partial charge in [-0.3, -0.25) is 4.79 Å². The van der Waals surface area contributed by atoms with Crippen LogP contribution in [0.2, 0.25) is 0 Å². The molecule has 29 heavy (non-hydrogen) atoms. The van der Waals surface area contributed by atoms with Gasteiger partial charge in [-0.05, 0) is 65.3 Å². The van der Waals surface area contributed by atoms with Crippen LogP contribution < -0.4 is 4.90 Å². The van der Waals surface area contributed by atoms with E-state index >= 15 is 0 Å². The number of nitrogens with zero attached hydrogens (tertiary/aromatic N) is 1. The van der Waals surface area contributed by atoms with Crippen molar-refractivity contribution in [2.75, 3.05) is 11.9 Å². The van der Waals surface area contributed by atoms with E-state index in [0.717, 1.165) is 39.1 Å². The summed E-state index contributed by atoms with van der Waals surface area (Å²) >= 11 is 0. The Hall–Kier alpha value is -3.07. The van der Waals surface area contributed by atoms with E-state index in [4.69, 9.17) is 0 Å². The fourth-order valence-electron chi connectivity index (χ4n) is 3.80. The standard InChI is InChI=1S/C26H29NO2/c1-17-15-20(19-11-13-21(28)14-12-19)16-18(2)24(17)25(29)27(6)23-10-8-7-9-22(23)26(3,4)5/h7-16,28H,1-6H3. The van der Waals surface area contributed by atoms with Gasteiger partial charge in [-0.2, -0.15) is 0 Å². The van der Waals surface area contributed by atoms with Crippen LogP contribution >= 0.6 is 0 Å². The van der Waals surface area contributed by atoms with Crippen molar-refractivity contribution in [3.8, 4) is 16.9 Å². The maximum atomic E-state index is 13.5. The van der Waals surface area contributed by atoms with Crippen LogP contribution in [0.4, 0.5) is 5.69 Å². The molecule has 0 aliphatic carbocycles. The minimum absolute atomic E-state index is 0.00560. The van der Waals surface area contributed by atoms with E-state index in [1.807, 2.05) is 63.4 Å². The van der Waals surface area contributed by atoms with Gasteiger partial charge in [0, 0.05) is 18.3 Å². The summed E-state index contributed by atoms with van der Waals surface area (Å²) in [5.74, 6) is 0.238. The highest BCUT2D eigenvalue weighted by molar-refractivity contribution is 6.08. The molecule has 0 aromatic heterocycles.